The number of amides is 1. The Labute approximate surface area is 180 Å². The first-order valence-corrected chi connectivity index (χ1v) is 10.4. The van der Waals surface area contributed by atoms with Crippen molar-refractivity contribution in [1.82, 2.24) is 9.88 Å². The summed E-state index contributed by atoms with van der Waals surface area (Å²) >= 11 is 1.41. The monoisotopic (exact) mass is 429 g/mol. The van der Waals surface area contributed by atoms with Crippen molar-refractivity contribution in [2.75, 3.05) is 52.9 Å². The molecule has 0 N–H and O–H groups in total. The topological polar surface area (TPSA) is 64.1 Å². The summed E-state index contributed by atoms with van der Waals surface area (Å²) in [5.74, 6) is 1.89. The molecule has 1 aromatic heterocycles. The second-order valence-corrected chi connectivity index (χ2v) is 8.02. The zero-order valence-electron chi connectivity index (χ0n) is 18.0. The highest BCUT2D eigenvalue weighted by Crippen LogP contribution is 2.40. The Morgan fingerprint density at radius 3 is 2.37 bits per heavy atom. The number of hydrogen-bond acceptors (Lipinski definition) is 7. The van der Waals surface area contributed by atoms with E-state index in [9.17, 15) is 4.79 Å². The van der Waals surface area contributed by atoms with Crippen molar-refractivity contribution < 1.29 is 19.0 Å². The van der Waals surface area contributed by atoms with E-state index in [0.29, 0.717) is 41.0 Å². The van der Waals surface area contributed by atoms with Gasteiger partial charge in [0, 0.05) is 13.1 Å². The Bertz CT molecular complexity index is 978. The standard InChI is InChI=1S/C22H27N3O4S/c1-15-8-6-7-9-16(15)29-14-19(26)25(13-12-24(2)3)22-23-20-17(27-4)10-11-18(28-5)21(20)30-22/h6-11H,12-14H2,1-5H3. The number of carbonyl (C=O) groups is 1. The van der Waals surface area contributed by atoms with Gasteiger partial charge in [-0.25, -0.2) is 4.98 Å². The van der Waals surface area contributed by atoms with Gasteiger partial charge in [0.2, 0.25) is 0 Å². The number of aromatic nitrogens is 1. The van der Waals surface area contributed by atoms with E-state index < -0.39 is 0 Å². The number of nitrogens with zero attached hydrogens (tertiary/aromatic N) is 3. The molecule has 0 saturated heterocycles. The largest absolute Gasteiger partial charge is 0.495 e. The van der Waals surface area contributed by atoms with Gasteiger partial charge in [-0.1, -0.05) is 29.5 Å². The van der Waals surface area contributed by atoms with Crippen molar-refractivity contribution in [3.8, 4) is 17.2 Å². The van der Waals surface area contributed by atoms with E-state index >= 15 is 0 Å². The number of anilines is 1. The molecule has 0 atom stereocenters. The second kappa shape index (κ2) is 9.77. The molecule has 0 bridgehead atoms. The van der Waals surface area contributed by atoms with E-state index in [1.165, 1.54) is 11.3 Å². The van der Waals surface area contributed by atoms with Crippen LogP contribution < -0.4 is 19.1 Å². The summed E-state index contributed by atoms with van der Waals surface area (Å²) < 4.78 is 17.6. The van der Waals surface area contributed by atoms with Crippen LogP contribution in [0.4, 0.5) is 5.13 Å². The number of benzene rings is 2. The minimum Gasteiger partial charge on any atom is -0.495 e. The highest BCUT2D eigenvalue weighted by atomic mass is 32.1. The molecule has 0 fully saturated rings. The van der Waals surface area contributed by atoms with Crippen LogP contribution in [0.5, 0.6) is 17.2 Å². The van der Waals surface area contributed by atoms with Crippen LogP contribution in [0.1, 0.15) is 5.56 Å². The van der Waals surface area contributed by atoms with Gasteiger partial charge in [0.25, 0.3) is 5.91 Å². The smallest absolute Gasteiger partial charge is 0.266 e. The fourth-order valence-corrected chi connectivity index (χ4v) is 4.07. The molecule has 1 amide bonds. The van der Waals surface area contributed by atoms with Crippen molar-refractivity contribution >= 4 is 32.6 Å². The molecule has 1 heterocycles. The van der Waals surface area contributed by atoms with E-state index in [4.69, 9.17) is 19.2 Å². The second-order valence-electron chi connectivity index (χ2n) is 7.05. The van der Waals surface area contributed by atoms with Crippen LogP contribution in [0, 0.1) is 6.92 Å². The lowest BCUT2D eigenvalue weighted by Crippen LogP contribution is -2.39. The highest BCUT2D eigenvalue weighted by Gasteiger charge is 2.23. The molecule has 0 aliphatic heterocycles. The van der Waals surface area contributed by atoms with Crippen molar-refractivity contribution in [3.63, 3.8) is 0 Å². The lowest BCUT2D eigenvalue weighted by Gasteiger charge is -2.22. The molecule has 0 spiro atoms. The van der Waals surface area contributed by atoms with Gasteiger partial charge in [-0.3, -0.25) is 9.69 Å². The molecule has 8 heteroatoms. The van der Waals surface area contributed by atoms with Gasteiger partial charge in [-0.2, -0.15) is 0 Å². The zero-order valence-corrected chi connectivity index (χ0v) is 18.8. The van der Waals surface area contributed by atoms with Crippen LogP contribution in [0.3, 0.4) is 0 Å². The normalized spacial score (nSPS) is 11.0. The third kappa shape index (κ3) is 4.83. The van der Waals surface area contributed by atoms with E-state index in [0.717, 1.165) is 10.3 Å². The van der Waals surface area contributed by atoms with Crippen LogP contribution in [0.25, 0.3) is 10.2 Å². The number of hydrogen-bond donors (Lipinski definition) is 0. The average molecular weight is 430 g/mol. The SMILES string of the molecule is COc1ccc(OC)c2sc(N(CCN(C)C)C(=O)COc3ccccc3C)nc12. The van der Waals surface area contributed by atoms with Crippen LogP contribution in [0.15, 0.2) is 36.4 Å². The Hall–Kier alpha value is -2.84. The zero-order chi connectivity index (χ0) is 21.7. The van der Waals surface area contributed by atoms with Crippen molar-refractivity contribution in [2.24, 2.45) is 0 Å². The summed E-state index contributed by atoms with van der Waals surface area (Å²) in [5, 5.41) is 0.591. The van der Waals surface area contributed by atoms with Gasteiger partial charge in [-0.05, 0) is 44.8 Å². The average Bonchev–Trinajstić information content (AvgIpc) is 3.17. The molecule has 0 radical (unpaired) electrons. The summed E-state index contributed by atoms with van der Waals surface area (Å²) in [6, 6.07) is 11.3. The number of methoxy groups -OCH3 is 2. The molecular formula is C22H27N3O4S. The minimum atomic E-state index is -0.155. The first kappa shape index (κ1) is 21.9. The predicted molar refractivity (Wildman–Crippen MR) is 120 cm³/mol. The Balaban J connectivity index is 1.91. The maximum Gasteiger partial charge on any atom is 0.266 e. The van der Waals surface area contributed by atoms with E-state index in [1.54, 1.807) is 19.1 Å². The van der Waals surface area contributed by atoms with Crippen molar-refractivity contribution in [3.05, 3.63) is 42.0 Å². The number of carbonyl (C=O) groups excluding carboxylic acids is 1. The highest BCUT2D eigenvalue weighted by molar-refractivity contribution is 7.22. The molecule has 2 aromatic carbocycles. The molecule has 7 nitrogen and oxygen atoms in total. The number of ether oxygens (including phenoxy) is 3. The Morgan fingerprint density at radius 1 is 1.00 bits per heavy atom. The number of para-hydroxylation sites is 1. The molecular weight excluding hydrogens is 402 g/mol. The number of rotatable bonds is 9. The maximum atomic E-state index is 13.1. The summed E-state index contributed by atoms with van der Waals surface area (Å²) in [7, 11) is 7.16. The summed E-state index contributed by atoms with van der Waals surface area (Å²) in [6.45, 7) is 3.08. The summed E-state index contributed by atoms with van der Waals surface area (Å²) in [4.78, 5) is 21.5. The molecule has 3 aromatic rings. The molecule has 0 aliphatic rings. The van der Waals surface area contributed by atoms with Gasteiger partial charge in [0.15, 0.2) is 11.7 Å². The predicted octanol–water partition coefficient (Wildman–Crippen LogP) is 3.60. The van der Waals surface area contributed by atoms with Crippen LogP contribution in [-0.4, -0.2) is 63.8 Å². The molecule has 0 aliphatic carbocycles. The van der Waals surface area contributed by atoms with Crippen LogP contribution >= 0.6 is 11.3 Å². The van der Waals surface area contributed by atoms with Gasteiger partial charge >= 0.3 is 0 Å². The molecule has 0 saturated carbocycles. The quantitative estimate of drug-likeness (QED) is 0.518. The third-order valence-electron chi connectivity index (χ3n) is 4.65. The summed E-state index contributed by atoms with van der Waals surface area (Å²) in [6.07, 6.45) is 0. The van der Waals surface area contributed by atoms with Crippen LogP contribution in [-0.2, 0) is 4.79 Å². The number of fused-ring (bicyclic) bond motifs is 1. The van der Waals surface area contributed by atoms with Crippen LogP contribution in [0.2, 0.25) is 0 Å². The fourth-order valence-electron chi connectivity index (χ4n) is 2.95. The third-order valence-corrected chi connectivity index (χ3v) is 5.74. The lowest BCUT2D eigenvalue weighted by atomic mass is 10.2. The van der Waals surface area contributed by atoms with E-state index in [1.807, 2.05) is 62.3 Å². The fraction of sp³-hybridized carbons (Fsp3) is 0.364. The Kier molecular flexibility index (Phi) is 7.12. The molecule has 160 valence electrons. The summed E-state index contributed by atoms with van der Waals surface area (Å²) in [5.41, 5.74) is 1.67. The number of thiazole rings is 1. The molecule has 0 unspecified atom stereocenters. The van der Waals surface area contributed by atoms with E-state index in [-0.39, 0.29) is 12.5 Å². The Morgan fingerprint density at radius 2 is 1.70 bits per heavy atom. The molecule has 3 rings (SSSR count). The first-order valence-electron chi connectivity index (χ1n) is 9.59. The van der Waals surface area contributed by atoms with E-state index in [2.05, 4.69) is 0 Å². The van der Waals surface area contributed by atoms with Gasteiger partial charge in [0.1, 0.15) is 27.5 Å². The molecule has 30 heavy (non-hydrogen) atoms. The van der Waals surface area contributed by atoms with Gasteiger partial charge in [0.05, 0.1) is 14.2 Å². The first-order chi connectivity index (χ1) is 14.4. The lowest BCUT2D eigenvalue weighted by molar-refractivity contribution is -0.120. The van der Waals surface area contributed by atoms with Gasteiger partial charge in [-0.15, -0.1) is 0 Å². The minimum absolute atomic E-state index is 0.0670. The van der Waals surface area contributed by atoms with Crippen molar-refractivity contribution in [1.29, 1.82) is 0 Å². The number of aryl methyl sites for hydroxylation is 1. The van der Waals surface area contributed by atoms with Gasteiger partial charge < -0.3 is 19.1 Å². The van der Waals surface area contributed by atoms with Crippen molar-refractivity contribution in [2.45, 2.75) is 6.92 Å². The maximum absolute atomic E-state index is 13.1. The number of likely N-dealkylation sites (N-methyl/N-ethyl adjacent to an activating group) is 1.